The van der Waals surface area contributed by atoms with Gasteiger partial charge in [-0.1, -0.05) is 18.2 Å². The van der Waals surface area contributed by atoms with E-state index < -0.39 is 9.85 Å². The summed E-state index contributed by atoms with van der Waals surface area (Å²) in [6.45, 7) is 0. The van der Waals surface area contributed by atoms with Gasteiger partial charge in [0.05, 0.1) is 15.9 Å². The third kappa shape index (κ3) is 3.95. The van der Waals surface area contributed by atoms with Crippen LogP contribution in [0, 0.1) is 20.2 Å². The summed E-state index contributed by atoms with van der Waals surface area (Å²) in [5, 5.41) is 36.0. The number of hydrogen-bond donors (Lipinski definition) is 1. The van der Waals surface area contributed by atoms with Gasteiger partial charge in [0, 0.05) is 17.0 Å². The zero-order valence-electron chi connectivity index (χ0n) is 12.5. The van der Waals surface area contributed by atoms with Gasteiger partial charge in [-0.25, -0.2) is 0 Å². The highest BCUT2D eigenvalue weighted by atomic mass is 32.2. The molecule has 0 saturated carbocycles. The van der Waals surface area contributed by atoms with Gasteiger partial charge in [-0.05, 0) is 40.6 Å². The summed E-state index contributed by atoms with van der Waals surface area (Å²) in [4.78, 5) is 21.6. The number of nitrogens with one attached hydrogen (secondary N) is 1. The van der Waals surface area contributed by atoms with Crippen molar-refractivity contribution in [3.63, 3.8) is 0 Å². The molecule has 126 valence electrons. The minimum Gasteiger partial charge on any atom is -0.258 e. The fourth-order valence-electron chi connectivity index (χ4n) is 2.23. The molecule has 3 aromatic rings. The molecule has 0 unspecified atom stereocenters. The molecule has 0 radical (unpaired) electrons. The van der Waals surface area contributed by atoms with E-state index in [0.29, 0.717) is 17.1 Å². The predicted octanol–water partition coefficient (Wildman–Crippen LogP) is 2.76. The summed E-state index contributed by atoms with van der Waals surface area (Å²) < 4.78 is 0. The summed E-state index contributed by atoms with van der Waals surface area (Å²) >= 11 is 1.28. The molecule has 0 aliphatic rings. The van der Waals surface area contributed by atoms with E-state index in [9.17, 15) is 20.2 Å². The van der Waals surface area contributed by atoms with Gasteiger partial charge in [-0.15, -0.1) is 10.2 Å². The maximum Gasteiger partial charge on any atom is 0.276 e. The molecule has 2 aromatic carbocycles. The lowest BCUT2D eigenvalue weighted by Gasteiger charge is -2.07. The molecule has 0 aliphatic heterocycles. The first-order valence-corrected chi connectivity index (χ1v) is 7.76. The van der Waals surface area contributed by atoms with E-state index in [-0.39, 0.29) is 11.4 Å². The summed E-state index contributed by atoms with van der Waals surface area (Å²) in [5.41, 5.74) is 0.689. The summed E-state index contributed by atoms with van der Waals surface area (Å²) in [6.07, 6.45) is 0.295. The van der Waals surface area contributed by atoms with Crippen LogP contribution in [0.15, 0.2) is 52.5 Å². The number of tetrazole rings is 1. The zero-order valence-corrected chi connectivity index (χ0v) is 13.3. The van der Waals surface area contributed by atoms with E-state index in [1.807, 2.05) is 24.3 Å². The highest BCUT2D eigenvalue weighted by Gasteiger charge is 2.17. The van der Waals surface area contributed by atoms with Crippen LogP contribution in [0.5, 0.6) is 0 Å². The van der Waals surface area contributed by atoms with Gasteiger partial charge >= 0.3 is 0 Å². The summed E-state index contributed by atoms with van der Waals surface area (Å²) in [5.74, 6) is 0. The molecule has 0 atom stereocenters. The van der Waals surface area contributed by atoms with E-state index in [2.05, 4.69) is 20.6 Å². The number of aromatic amines is 1. The van der Waals surface area contributed by atoms with Crippen LogP contribution >= 0.6 is 11.8 Å². The lowest BCUT2D eigenvalue weighted by molar-refractivity contribution is -0.394. The van der Waals surface area contributed by atoms with Crippen molar-refractivity contribution >= 4 is 23.1 Å². The Kier molecular flexibility index (Phi) is 4.66. The highest BCUT2D eigenvalue weighted by molar-refractivity contribution is 7.99. The van der Waals surface area contributed by atoms with Crippen LogP contribution in [-0.2, 0) is 6.42 Å². The Labute approximate surface area is 144 Å². The quantitative estimate of drug-likeness (QED) is 0.524. The molecule has 0 saturated heterocycles. The van der Waals surface area contributed by atoms with Crippen molar-refractivity contribution in [3.8, 4) is 0 Å². The lowest BCUT2D eigenvalue weighted by atomic mass is 10.0. The standard InChI is InChI=1S/C14H10N6O4S/c21-19(22)11-6-9(7-12(8-11)20(23)24)5-10-3-1-2-4-13(10)25-14-15-17-18-16-14/h1-4,6-8H,5H2,(H,15,16,17,18). The van der Waals surface area contributed by atoms with Gasteiger partial charge in [-0.3, -0.25) is 20.2 Å². The SMILES string of the molecule is O=[N+]([O-])c1cc(Cc2ccccc2Sc2nn[nH]n2)cc([N+](=O)[O-])c1. The van der Waals surface area contributed by atoms with Gasteiger partial charge in [0.2, 0.25) is 5.16 Å². The average molecular weight is 358 g/mol. The largest absolute Gasteiger partial charge is 0.276 e. The number of nitro benzene ring substituents is 2. The Balaban J connectivity index is 1.94. The molecule has 3 rings (SSSR count). The van der Waals surface area contributed by atoms with Crippen molar-refractivity contribution in [1.82, 2.24) is 20.6 Å². The molecule has 11 heteroatoms. The number of nitro groups is 2. The van der Waals surface area contributed by atoms with Crippen LogP contribution in [-0.4, -0.2) is 30.5 Å². The Hall–Kier alpha value is -3.34. The second-order valence-electron chi connectivity index (χ2n) is 4.95. The summed E-state index contributed by atoms with van der Waals surface area (Å²) in [7, 11) is 0. The number of benzene rings is 2. The maximum atomic E-state index is 11.0. The van der Waals surface area contributed by atoms with Crippen LogP contribution in [0.2, 0.25) is 0 Å². The summed E-state index contributed by atoms with van der Waals surface area (Å²) in [6, 6.07) is 11.0. The van der Waals surface area contributed by atoms with E-state index in [0.717, 1.165) is 16.5 Å². The third-order valence-electron chi connectivity index (χ3n) is 3.28. The second kappa shape index (κ2) is 7.05. The molecule has 25 heavy (non-hydrogen) atoms. The number of non-ortho nitro benzene ring substituents is 2. The van der Waals surface area contributed by atoms with E-state index in [4.69, 9.17) is 0 Å². The molecule has 0 spiro atoms. The average Bonchev–Trinajstić information content (AvgIpc) is 3.09. The number of aromatic nitrogens is 4. The van der Waals surface area contributed by atoms with Crippen LogP contribution in [0.4, 0.5) is 11.4 Å². The van der Waals surface area contributed by atoms with Crippen molar-refractivity contribution in [2.75, 3.05) is 0 Å². The maximum absolute atomic E-state index is 11.0. The highest BCUT2D eigenvalue weighted by Crippen LogP contribution is 2.30. The van der Waals surface area contributed by atoms with Crippen LogP contribution < -0.4 is 0 Å². The van der Waals surface area contributed by atoms with Gasteiger partial charge in [0.25, 0.3) is 11.4 Å². The number of hydrogen-bond acceptors (Lipinski definition) is 8. The second-order valence-corrected chi connectivity index (χ2v) is 5.96. The molecule has 0 aliphatic carbocycles. The van der Waals surface area contributed by atoms with Crippen LogP contribution in [0.1, 0.15) is 11.1 Å². The van der Waals surface area contributed by atoms with Crippen molar-refractivity contribution in [2.24, 2.45) is 0 Å². The fourth-order valence-corrected chi connectivity index (χ4v) is 3.02. The molecule has 0 amide bonds. The lowest BCUT2D eigenvalue weighted by Crippen LogP contribution is -1.97. The zero-order chi connectivity index (χ0) is 17.8. The van der Waals surface area contributed by atoms with Crippen LogP contribution in [0.3, 0.4) is 0 Å². The minimum atomic E-state index is -0.642. The van der Waals surface area contributed by atoms with Crippen molar-refractivity contribution < 1.29 is 9.85 Å². The number of rotatable bonds is 6. The first-order chi connectivity index (χ1) is 12.0. The first kappa shape index (κ1) is 16.5. The van der Waals surface area contributed by atoms with Crippen molar-refractivity contribution in [3.05, 3.63) is 73.8 Å². The van der Waals surface area contributed by atoms with Crippen molar-refractivity contribution in [1.29, 1.82) is 0 Å². The van der Waals surface area contributed by atoms with Gasteiger partial charge in [0.15, 0.2) is 0 Å². The number of H-pyrrole nitrogens is 1. The smallest absolute Gasteiger partial charge is 0.258 e. The topological polar surface area (TPSA) is 141 Å². The van der Waals surface area contributed by atoms with Gasteiger partial charge in [0.1, 0.15) is 0 Å². The van der Waals surface area contributed by atoms with E-state index in [1.54, 1.807) is 0 Å². The normalized spacial score (nSPS) is 10.6. The molecular formula is C14H10N6O4S. The minimum absolute atomic E-state index is 0.295. The molecule has 0 bridgehead atoms. The molecular weight excluding hydrogens is 348 g/mol. The Morgan fingerprint density at radius 1 is 1.04 bits per heavy atom. The third-order valence-corrected chi connectivity index (χ3v) is 4.25. The van der Waals surface area contributed by atoms with Gasteiger partial charge in [-0.2, -0.15) is 5.21 Å². The predicted molar refractivity (Wildman–Crippen MR) is 87.3 cm³/mol. The van der Waals surface area contributed by atoms with E-state index in [1.165, 1.54) is 23.9 Å². The Morgan fingerprint density at radius 3 is 2.32 bits per heavy atom. The molecule has 10 nitrogen and oxygen atoms in total. The Bertz CT molecular complexity index is 899. The van der Waals surface area contributed by atoms with Crippen LogP contribution in [0.25, 0.3) is 0 Å². The fraction of sp³-hybridized carbons (Fsp3) is 0.0714. The van der Waals surface area contributed by atoms with Gasteiger partial charge < -0.3 is 0 Å². The number of nitrogens with zero attached hydrogens (tertiary/aromatic N) is 5. The molecule has 1 N–H and O–H groups in total. The first-order valence-electron chi connectivity index (χ1n) is 6.95. The van der Waals surface area contributed by atoms with E-state index >= 15 is 0 Å². The monoisotopic (exact) mass is 358 g/mol. The molecule has 0 fully saturated rings. The molecule has 1 aromatic heterocycles. The Morgan fingerprint density at radius 2 is 1.72 bits per heavy atom. The van der Waals surface area contributed by atoms with Crippen molar-refractivity contribution in [2.45, 2.75) is 16.5 Å². The molecule has 1 heterocycles.